The van der Waals surface area contributed by atoms with Gasteiger partial charge in [-0.05, 0) is 25.0 Å². The predicted molar refractivity (Wildman–Crippen MR) is 76.8 cm³/mol. The highest BCUT2D eigenvalue weighted by Crippen LogP contribution is 2.23. The molecule has 0 saturated carbocycles. The van der Waals surface area contributed by atoms with Crippen LogP contribution in [-0.4, -0.2) is 29.2 Å². The number of nitrogens with one attached hydrogen (secondary N) is 1. The van der Waals surface area contributed by atoms with Gasteiger partial charge in [0.2, 0.25) is 0 Å². The zero-order valence-corrected chi connectivity index (χ0v) is 11.4. The molecule has 0 aliphatic carbocycles. The molecule has 1 saturated heterocycles. The first-order valence-corrected chi connectivity index (χ1v) is 6.73. The Kier molecular flexibility index (Phi) is 4.49. The average Bonchev–Trinajstić information content (AvgIpc) is 2.84. The first kappa shape index (κ1) is 13.2. The number of hydrogen-bond acceptors (Lipinski definition) is 4. The van der Waals surface area contributed by atoms with Crippen LogP contribution in [0.1, 0.15) is 25.5 Å². The molecule has 1 fully saturated rings. The fraction of sp³-hybridized carbons (Fsp3) is 0.538. The van der Waals surface area contributed by atoms with E-state index in [0.29, 0.717) is 22.7 Å². The molecule has 5 heteroatoms. The Morgan fingerprint density at radius 1 is 1.61 bits per heavy atom. The summed E-state index contributed by atoms with van der Waals surface area (Å²) in [6.45, 7) is 3.97. The van der Waals surface area contributed by atoms with Gasteiger partial charge in [0.25, 0.3) is 0 Å². The predicted octanol–water partition coefficient (Wildman–Crippen LogP) is 1.94. The van der Waals surface area contributed by atoms with Crippen LogP contribution in [0.4, 0.5) is 5.69 Å². The third-order valence-corrected chi connectivity index (χ3v) is 3.54. The van der Waals surface area contributed by atoms with E-state index in [4.69, 9.17) is 22.7 Å². The Labute approximate surface area is 113 Å². The Balaban J connectivity index is 1.88. The number of thiocarbonyl (C=S) groups is 1. The number of aromatic nitrogens is 1. The number of rotatable bonds is 5. The highest BCUT2D eigenvalue weighted by Gasteiger charge is 2.26. The van der Waals surface area contributed by atoms with Gasteiger partial charge in [0.15, 0.2) is 0 Å². The Morgan fingerprint density at radius 3 is 3.06 bits per heavy atom. The van der Waals surface area contributed by atoms with E-state index in [0.717, 1.165) is 31.7 Å². The number of nitrogens with two attached hydrogens (primary N) is 1. The van der Waals surface area contributed by atoms with Crippen LogP contribution in [0, 0.1) is 5.92 Å². The van der Waals surface area contributed by atoms with E-state index in [1.165, 1.54) is 0 Å². The topological polar surface area (TPSA) is 60.2 Å². The van der Waals surface area contributed by atoms with Gasteiger partial charge in [0.1, 0.15) is 4.99 Å². The normalized spacial score (nSPS) is 22.9. The summed E-state index contributed by atoms with van der Waals surface area (Å²) in [6, 6.07) is 3.80. The second-order valence-corrected chi connectivity index (χ2v) is 4.98. The second kappa shape index (κ2) is 6.11. The van der Waals surface area contributed by atoms with Crippen molar-refractivity contribution in [2.75, 3.05) is 18.5 Å². The lowest BCUT2D eigenvalue weighted by Gasteiger charge is -2.17. The number of nitrogens with zero attached hydrogens (tertiary/aromatic N) is 1. The van der Waals surface area contributed by atoms with E-state index in [-0.39, 0.29) is 0 Å². The second-order valence-electron chi connectivity index (χ2n) is 4.54. The van der Waals surface area contributed by atoms with E-state index >= 15 is 0 Å². The van der Waals surface area contributed by atoms with Gasteiger partial charge in [-0.15, -0.1) is 0 Å². The van der Waals surface area contributed by atoms with Crippen molar-refractivity contribution in [1.29, 1.82) is 0 Å². The van der Waals surface area contributed by atoms with Crippen molar-refractivity contribution in [1.82, 2.24) is 4.98 Å². The zero-order chi connectivity index (χ0) is 13.0. The lowest BCUT2D eigenvalue weighted by atomic mass is 10.00. The van der Waals surface area contributed by atoms with Crippen molar-refractivity contribution in [3.8, 4) is 0 Å². The zero-order valence-electron chi connectivity index (χ0n) is 10.6. The van der Waals surface area contributed by atoms with Crippen LogP contribution in [-0.2, 0) is 4.74 Å². The van der Waals surface area contributed by atoms with Gasteiger partial charge in [-0.2, -0.15) is 0 Å². The minimum absolute atomic E-state index is 0.330. The summed E-state index contributed by atoms with van der Waals surface area (Å²) in [5.74, 6) is 0.588. The Bertz CT molecular complexity index is 407. The maximum atomic E-state index is 5.66. The van der Waals surface area contributed by atoms with Crippen molar-refractivity contribution in [2.24, 2.45) is 11.7 Å². The van der Waals surface area contributed by atoms with Crippen LogP contribution in [0.2, 0.25) is 0 Å². The largest absolute Gasteiger partial charge is 0.388 e. The Hall–Kier alpha value is -1.20. The molecule has 2 heterocycles. The SMILES string of the molecule is CCC1OCCC1CNc1ccc(C(N)=S)nc1. The van der Waals surface area contributed by atoms with E-state index in [9.17, 15) is 0 Å². The number of pyridine rings is 1. The molecule has 98 valence electrons. The summed E-state index contributed by atoms with van der Waals surface area (Å²) in [7, 11) is 0. The van der Waals surface area contributed by atoms with Gasteiger partial charge in [-0.25, -0.2) is 0 Å². The van der Waals surface area contributed by atoms with E-state index in [2.05, 4.69) is 17.2 Å². The molecule has 2 atom stereocenters. The third kappa shape index (κ3) is 3.17. The van der Waals surface area contributed by atoms with Crippen LogP contribution in [0.15, 0.2) is 18.3 Å². The van der Waals surface area contributed by atoms with Gasteiger partial charge >= 0.3 is 0 Å². The molecule has 0 bridgehead atoms. The van der Waals surface area contributed by atoms with Crippen molar-refractivity contribution in [2.45, 2.75) is 25.9 Å². The van der Waals surface area contributed by atoms with Crippen molar-refractivity contribution < 1.29 is 4.74 Å². The summed E-state index contributed by atoms with van der Waals surface area (Å²) >= 11 is 4.87. The lowest BCUT2D eigenvalue weighted by molar-refractivity contribution is 0.0900. The molecule has 0 amide bonds. The standard InChI is InChI=1S/C13H19N3OS/c1-2-12-9(5-6-17-12)7-15-10-3-4-11(13(14)18)16-8-10/h3-4,8-9,12,15H,2,5-7H2,1H3,(H2,14,18). The molecule has 18 heavy (non-hydrogen) atoms. The third-order valence-electron chi connectivity index (χ3n) is 3.33. The van der Waals surface area contributed by atoms with Crippen LogP contribution < -0.4 is 11.1 Å². The summed E-state index contributed by atoms with van der Waals surface area (Å²) in [5, 5.41) is 3.39. The van der Waals surface area contributed by atoms with Crippen LogP contribution >= 0.6 is 12.2 Å². The minimum Gasteiger partial charge on any atom is -0.388 e. The summed E-state index contributed by atoms with van der Waals surface area (Å²) in [4.78, 5) is 4.53. The van der Waals surface area contributed by atoms with Gasteiger partial charge in [-0.1, -0.05) is 19.1 Å². The smallest absolute Gasteiger partial charge is 0.122 e. The van der Waals surface area contributed by atoms with Gasteiger partial charge in [-0.3, -0.25) is 4.98 Å². The molecule has 1 aliphatic heterocycles. The van der Waals surface area contributed by atoms with Crippen molar-refractivity contribution in [3.05, 3.63) is 24.0 Å². The Morgan fingerprint density at radius 2 is 2.44 bits per heavy atom. The van der Waals surface area contributed by atoms with Crippen LogP contribution in [0.25, 0.3) is 0 Å². The number of ether oxygens (including phenoxy) is 1. The average molecular weight is 265 g/mol. The fourth-order valence-corrected chi connectivity index (χ4v) is 2.39. The molecule has 1 aliphatic rings. The summed E-state index contributed by atoms with van der Waals surface area (Å²) in [5.41, 5.74) is 7.16. The van der Waals surface area contributed by atoms with E-state index in [1.807, 2.05) is 12.1 Å². The maximum absolute atomic E-state index is 5.66. The van der Waals surface area contributed by atoms with Crippen LogP contribution in [0.5, 0.6) is 0 Å². The molecule has 4 nitrogen and oxygen atoms in total. The molecule has 2 rings (SSSR count). The molecule has 1 aromatic heterocycles. The molecular formula is C13H19N3OS. The highest BCUT2D eigenvalue weighted by molar-refractivity contribution is 7.80. The molecule has 0 radical (unpaired) electrons. The van der Waals surface area contributed by atoms with Gasteiger partial charge in [0.05, 0.1) is 23.7 Å². The minimum atomic E-state index is 0.330. The molecule has 1 aromatic rings. The van der Waals surface area contributed by atoms with Gasteiger partial charge < -0.3 is 15.8 Å². The monoisotopic (exact) mass is 265 g/mol. The number of hydrogen-bond donors (Lipinski definition) is 2. The van der Waals surface area contributed by atoms with Gasteiger partial charge in [0, 0.05) is 19.1 Å². The first-order valence-electron chi connectivity index (χ1n) is 6.32. The van der Waals surface area contributed by atoms with E-state index in [1.54, 1.807) is 6.20 Å². The fourth-order valence-electron chi connectivity index (χ4n) is 2.27. The molecular weight excluding hydrogens is 246 g/mol. The summed E-state index contributed by atoms with van der Waals surface area (Å²) < 4.78 is 5.66. The van der Waals surface area contributed by atoms with Crippen molar-refractivity contribution >= 4 is 22.9 Å². The molecule has 0 spiro atoms. The highest BCUT2D eigenvalue weighted by atomic mass is 32.1. The molecule has 3 N–H and O–H groups in total. The quantitative estimate of drug-likeness (QED) is 0.797. The molecule has 0 aromatic carbocycles. The van der Waals surface area contributed by atoms with Crippen molar-refractivity contribution in [3.63, 3.8) is 0 Å². The lowest BCUT2D eigenvalue weighted by Crippen LogP contribution is -2.22. The summed E-state index contributed by atoms with van der Waals surface area (Å²) in [6.07, 6.45) is 4.36. The molecule has 2 unspecified atom stereocenters. The number of anilines is 1. The first-order chi connectivity index (χ1) is 8.70. The van der Waals surface area contributed by atoms with E-state index < -0.39 is 0 Å². The maximum Gasteiger partial charge on any atom is 0.122 e. The van der Waals surface area contributed by atoms with Crippen LogP contribution in [0.3, 0.4) is 0 Å².